The van der Waals surface area contributed by atoms with Crippen LogP contribution in [0.2, 0.25) is 0 Å². The fraction of sp³-hybridized carbons (Fsp3) is 0. The van der Waals surface area contributed by atoms with Gasteiger partial charge in [-0.15, -0.1) is 37.2 Å². The molecule has 0 bridgehead atoms. The zero-order valence-electron chi connectivity index (χ0n) is 2.54. The number of hydrogen-bond donors (Lipinski definition) is 0. The Bertz CT molecular complexity index is 30.1. The molecule has 0 rings (SSSR count). The van der Waals surface area contributed by atoms with Crippen molar-refractivity contribution in [1.29, 1.82) is 0 Å². The van der Waals surface area contributed by atoms with E-state index in [-0.39, 0.29) is 334 Å². The summed E-state index contributed by atoms with van der Waals surface area (Å²) in [7, 11) is 0. The van der Waals surface area contributed by atoms with Crippen LogP contribution >= 0.6 is 37.2 Å². The zero-order chi connectivity index (χ0) is 2.00. The molecule has 0 aliphatic rings. The molecule has 0 aromatic rings. The second-order valence-electron chi connectivity index (χ2n) is 0. The first-order valence-corrected chi connectivity index (χ1v) is 0.500. The van der Waals surface area contributed by atoms with Gasteiger partial charge in [0.1, 0.15) is 0 Å². The minimum absolute atomic E-state index is 0. The molecule has 0 saturated carbocycles. The minimum Gasteiger partial charge on any atom is -0.547 e. The van der Waals surface area contributed by atoms with Crippen LogP contribution in [0, 0.1) is 11.9 Å². The maximum Gasteiger partial charge on any atom is 0.0878 e. The molecule has 0 atom stereocenters. The quantitative estimate of drug-likeness (QED) is 0.365. The van der Waals surface area contributed by atoms with Gasteiger partial charge in [-0.05, 0) is 0 Å². The van der Waals surface area contributed by atoms with Crippen LogP contribution < -0.4 is 4.66 Å². The predicted molar refractivity (Wildman–Crippen MR) is 78.2 cm³/mol. The summed E-state index contributed by atoms with van der Waals surface area (Å²) in [5.41, 5.74) is 0. The van der Waals surface area contributed by atoms with Crippen LogP contribution in [0.1, 0.15) is 0 Å². The Morgan fingerprint density at radius 1 is 0.692 bits per heavy atom. The Morgan fingerprint density at radius 3 is 0.692 bits per heavy atom. The summed E-state index contributed by atoms with van der Waals surface area (Å²) in [6, 6.07) is 0. The summed E-state index contributed by atoms with van der Waals surface area (Å²) in [5, 5.41) is 0. The maximum atomic E-state index is 7.83. The van der Waals surface area contributed by atoms with Gasteiger partial charge in [-0.25, -0.2) is 0 Å². The summed E-state index contributed by atoms with van der Waals surface area (Å²) in [5.74, 6) is 0. The van der Waals surface area contributed by atoms with Crippen molar-refractivity contribution < 1.29 is 22.0 Å². The van der Waals surface area contributed by atoms with E-state index in [0.29, 0.717) is 0 Å². The average molecular weight is 414 g/mol. The Balaban J connectivity index is -0.0000000000909. The van der Waals surface area contributed by atoms with E-state index in [9.17, 15) is 0 Å². The molecule has 0 aliphatic heterocycles. The van der Waals surface area contributed by atoms with Crippen LogP contribution in [0.4, 0.5) is 0 Å². The number of hydrogen-bond acceptors (Lipinski definition) is 1. The topological polar surface area (TPSA) is 54.6 Å². The van der Waals surface area contributed by atoms with Gasteiger partial charge in [-0.2, -0.15) is 0 Å². The molecule has 2 N–H and O–H groups in total. The summed E-state index contributed by atoms with van der Waals surface area (Å²) in [4.78, 5) is 0. The normalized spacial score (nSPS) is 0.462. The molecule has 0 fully saturated rings. The third kappa shape index (κ3) is 85.8. The molecule has 0 aromatic carbocycles. The van der Waals surface area contributed by atoms with E-state index in [0.717, 1.165) is 0 Å². The van der Waals surface area contributed by atoms with Crippen LogP contribution in [0.15, 0.2) is 0 Å². The summed E-state index contributed by atoms with van der Waals surface area (Å²) in [6.45, 7) is 0. The molecule has 0 amide bonds. The van der Waals surface area contributed by atoms with Crippen LogP contribution in [0.3, 0.4) is 0 Å². The smallest absolute Gasteiger partial charge is 0.0878 e. The molecule has 62 valence electrons. The van der Waals surface area contributed by atoms with Gasteiger partial charge < -0.3 is 10.1 Å². The molecular formula is H14CaCl4K4LiNaO2. The first kappa shape index (κ1) is 90.0. The van der Waals surface area contributed by atoms with E-state index in [4.69, 9.17) is 4.66 Å². The van der Waals surface area contributed by atoms with Crippen LogP contribution in [0.5, 0.6) is 0 Å². The fourth-order valence-electron chi connectivity index (χ4n) is 0. The summed E-state index contributed by atoms with van der Waals surface area (Å²) < 4.78 is 7.83. The number of halogens is 4. The molecule has 0 unspecified atom stereocenters. The van der Waals surface area contributed by atoms with E-state index < -0.39 is 0 Å². The fourth-order valence-corrected chi connectivity index (χ4v) is 0. The number of rotatable bonds is 0. The van der Waals surface area contributed by atoms with Gasteiger partial charge in [0.25, 0.3) is 0 Å². The largest absolute Gasteiger partial charge is 0.547 e. The second-order valence-corrected chi connectivity index (χ2v) is 0. The van der Waals surface area contributed by atoms with Crippen molar-refractivity contribution in [2.45, 2.75) is 0 Å². The Labute approximate surface area is 338 Å². The Kier molecular flexibility index (Phi) is 654. The van der Waals surface area contributed by atoms with Gasteiger partial charge in [0, 0.05) is 0 Å². The van der Waals surface area contributed by atoms with E-state index in [2.05, 4.69) is 11.9 Å². The molecule has 0 radical (unpaired) electrons. The molecule has 0 aliphatic carbocycles. The Morgan fingerprint density at radius 2 is 0.692 bits per heavy atom. The van der Waals surface area contributed by atoms with Crippen molar-refractivity contribution in [2.24, 2.45) is 0 Å². The van der Waals surface area contributed by atoms with Crippen molar-refractivity contribution in [2.75, 3.05) is 0 Å². The predicted octanol–water partition coefficient (Wildman–Crippen LogP) is -5.82. The van der Waals surface area contributed by atoms with Gasteiger partial charge in [0.2, 0.25) is 0 Å². The molecular weight excluding hydrogens is 400 g/mol. The van der Waals surface area contributed by atoms with Crippen LogP contribution in [-0.2, 0) is 0 Å². The molecule has 13 heavy (non-hydrogen) atoms. The van der Waals surface area contributed by atoms with Crippen LogP contribution in [0.25, 0.3) is 0 Å². The van der Waals surface area contributed by atoms with Crippen LogP contribution in [-0.4, -0.2) is 297 Å². The van der Waals surface area contributed by atoms with Gasteiger partial charge in [-0.3, -0.25) is 0 Å². The van der Waals surface area contributed by atoms with Gasteiger partial charge >= 0.3 is 292 Å². The summed E-state index contributed by atoms with van der Waals surface area (Å²) in [6.07, 6.45) is 0. The van der Waals surface area contributed by atoms with Gasteiger partial charge in [0.15, 0.2) is 0 Å². The van der Waals surface area contributed by atoms with Gasteiger partial charge in [0.05, 0.1) is 11.9 Å². The first-order chi connectivity index (χ1) is 1.00. The second kappa shape index (κ2) is 94.4. The van der Waals surface area contributed by atoms with Crippen molar-refractivity contribution >= 4 is 329 Å². The summed E-state index contributed by atoms with van der Waals surface area (Å²) >= 11 is 2.83. The molecule has 0 heterocycles. The zero-order valence-corrected chi connectivity index (χ0v) is 5.81. The molecule has 0 spiro atoms. The van der Waals surface area contributed by atoms with E-state index in [1.54, 1.807) is 0 Å². The average Bonchev–Trinajstić information content (AvgIpc) is 1.00. The van der Waals surface area contributed by atoms with Crippen molar-refractivity contribution in [1.82, 2.24) is 0 Å². The third-order valence-electron chi connectivity index (χ3n) is 0. The minimum atomic E-state index is 0. The molecule has 13 heteroatoms. The maximum absolute atomic E-state index is 7.83. The molecule has 2 nitrogen and oxygen atoms in total. The Hall–Kier alpha value is 10.5. The SMILES string of the molecule is Cl.Cl.Cl.O.[CaH2].[KH].[KH].[KH].[KH].[LiH].[NaH].[O-][ClH+]. The van der Waals surface area contributed by atoms with E-state index in [1.165, 1.54) is 0 Å². The van der Waals surface area contributed by atoms with Gasteiger partial charge in [-0.1, -0.05) is 0 Å². The van der Waals surface area contributed by atoms with Crippen molar-refractivity contribution in [3.63, 3.8) is 0 Å². The monoisotopic (exact) mass is 412 g/mol. The van der Waals surface area contributed by atoms with E-state index >= 15 is 0 Å². The van der Waals surface area contributed by atoms with E-state index in [1.807, 2.05) is 0 Å². The molecule has 0 saturated heterocycles. The standard InChI is InChI=1S/Ca.ClHO.3ClH.4K.Li.Na.H2O.8H/c;1-2;;;;;;;;;;;;;;;;;;/h;1H;3*1H;;;;;;;1H2;;;;;;;;. The molecule has 0 aromatic heterocycles. The first-order valence-electron chi connectivity index (χ1n) is 0.167. The van der Waals surface area contributed by atoms with Crippen molar-refractivity contribution in [3.8, 4) is 0 Å². The third-order valence-corrected chi connectivity index (χ3v) is 0. The van der Waals surface area contributed by atoms with Crippen molar-refractivity contribution in [3.05, 3.63) is 0 Å².